The second-order valence-electron chi connectivity index (χ2n) is 0.816. The molecular formula is H16Dy3O16S2+5. The maximum atomic E-state index is 8.52. The van der Waals surface area contributed by atoms with Crippen LogP contribution in [0.2, 0.25) is 0 Å². The molecule has 0 aromatic heterocycles. The number of hydrogen-bond donors (Lipinski definition) is 0. The number of rotatable bonds is 0. The molecule has 0 aliphatic heterocycles. The van der Waals surface area contributed by atoms with Crippen LogP contribution in [-0.2, 0) is 20.8 Å². The minimum absolute atomic E-state index is 0. The minimum Gasteiger partial charge on any atom is -0.759 e. The second-order valence-corrected chi connectivity index (χ2v) is 2.45. The molecule has 0 atom stereocenters. The molecule has 0 unspecified atom stereocenters. The van der Waals surface area contributed by atoms with E-state index in [1.165, 1.54) is 0 Å². The Hall–Kier alpha value is 3.24. The summed E-state index contributed by atoms with van der Waals surface area (Å²) >= 11 is 0. The Kier molecular flexibility index (Phi) is 244. The molecule has 0 bridgehead atoms. The summed E-state index contributed by atoms with van der Waals surface area (Å²) in [5, 5.41) is 0. The molecule has 0 rings (SSSR count). The van der Waals surface area contributed by atoms with Gasteiger partial charge in [-0.1, -0.05) is 0 Å². The van der Waals surface area contributed by atoms with Crippen LogP contribution in [0.5, 0.6) is 0 Å². The van der Waals surface area contributed by atoms with Gasteiger partial charge in [0.25, 0.3) is 0 Å². The van der Waals surface area contributed by atoms with Crippen molar-refractivity contribution in [3.05, 3.63) is 0 Å². The molecule has 0 aliphatic carbocycles. The maximum absolute atomic E-state index is 8.52. The Morgan fingerprint density at radius 3 is 0.381 bits per heavy atom. The van der Waals surface area contributed by atoms with E-state index in [2.05, 4.69) is 0 Å². The fourth-order valence-corrected chi connectivity index (χ4v) is 0. The van der Waals surface area contributed by atoms with Gasteiger partial charge in [-0.15, -0.1) is 0 Å². The summed E-state index contributed by atoms with van der Waals surface area (Å²) in [4.78, 5) is 0. The predicted octanol–water partition coefficient (Wildman–Crippen LogP) is -9.27. The van der Waals surface area contributed by atoms with Gasteiger partial charge in [0.2, 0.25) is 0 Å². The monoisotopic (exact) mass is 828 g/mol. The first-order chi connectivity index (χ1) is 4.00. The fourth-order valence-electron chi connectivity index (χ4n) is 0. The second kappa shape index (κ2) is 49.5. The van der Waals surface area contributed by atoms with Crippen molar-refractivity contribution < 1.29 is 193 Å². The SMILES string of the molecule is O.O.O.O.O.O.O.O.O=S(=O)([O-])[O-].O=S(=O)([O-])[O-].[Dy+3].[Dy+3].[Dy+3]. The minimum atomic E-state index is -5.17. The first kappa shape index (κ1) is 104. The van der Waals surface area contributed by atoms with Crippen molar-refractivity contribution in [1.82, 2.24) is 0 Å². The van der Waals surface area contributed by atoms with Gasteiger partial charge in [0.15, 0.2) is 0 Å². The summed E-state index contributed by atoms with van der Waals surface area (Å²) in [7, 11) is -10.3. The topological polar surface area (TPSA) is 413 Å². The zero-order valence-electron chi connectivity index (χ0n) is 9.03. The van der Waals surface area contributed by atoms with Crippen molar-refractivity contribution in [2.75, 3.05) is 0 Å². The molecular weight excluding hydrogens is 808 g/mol. The molecule has 16 nitrogen and oxygen atoms in total. The van der Waals surface area contributed by atoms with Crippen molar-refractivity contribution in [2.24, 2.45) is 0 Å². The molecule has 0 spiro atoms. The van der Waals surface area contributed by atoms with Gasteiger partial charge in [0.05, 0.1) is 0 Å². The average Bonchev–Trinajstić information content (AvgIpc) is 1.12. The molecule has 0 aliphatic rings. The van der Waals surface area contributed by atoms with Crippen LogP contribution < -0.4 is 0 Å². The maximum Gasteiger partial charge on any atom is 3.00 e. The van der Waals surface area contributed by atoms with E-state index in [1.807, 2.05) is 0 Å². The smallest absolute Gasteiger partial charge is 0.759 e. The summed E-state index contributed by atoms with van der Waals surface area (Å²) in [6.45, 7) is 0. The standard InChI is InChI=1S/3Dy.2H2O4S.8H2O/c;;;2*1-5(2,3)4;;;;;;;;/h;;;2*(H2,1,2,3,4);8*1H2/q3*+3;;;;;;;;;;/p-4. The van der Waals surface area contributed by atoms with Gasteiger partial charge in [0, 0.05) is 20.8 Å². The van der Waals surface area contributed by atoms with Crippen LogP contribution in [0.4, 0.5) is 0 Å². The third-order valence-corrected chi connectivity index (χ3v) is 0. The normalized spacial score (nSPS) is 5.52. The summed E-state index contributed by atoms with van der Waals surface area (Å²) < 4.78 is 68.2. The van der Waals surface area contributed by atoms with Crippen LogP contribution in [0.3, 0.4) is 0 Å². The Labute approximate surface area is 210 Å². The Morgan fingerprint density at radius 1 is 0.381 bits per heavy atom. The van der Waals surface area contributed by atoms with E-state index < -0.39 is 20.8 Å². The van der Waals surface area contributed by atoms with Crippen LogP contribution in [0.1, 0.15) is 0 Å². The Morgan fingerprint density at radius 2 is 0.381 bits per heavy atom. The van der Waals surface area contributed by atoms with Crippen molar-refractivity contribution in [3.8, 4) is 0 Å². The van der Waals surface area contributed by atoms with Crippen LogP contribution in [0.25, 0.3) is 0 Å². The molecule has 0 heterocycles. The summed E-state index contributed by atoms with van der Waals surface area (Å²) in [5.41, 5.74) is 0. The van der Waals surface area contributed by atoms with Gasteiger partial charge in [0.1, 0.15) is 0 Å². The molecule has 21 heteroatoms. The van der Waals surface area contributed by atoms with Gasteiger partial charge in [-0.25, -0.2) is 0 Å². The van der Waals surface area contributed by atoms with Gasteiger partial charge in [-0.05, 0) is 0 Å². The quantitative estimate of drug-likeness (QED) is 0.166. The third-order valence-electron chi connectivity index (χ3n) is 0. The molecule has 21 heavy (non-hydrogen) atoms. The molecule has 3 radical (unpaired) electrons. The van der Waals surface area contributed by atoms with E-state index in [0.717, 1.165) is 0 Å². The average molecular weight is 824 g/mol. The van der Waals surface area contributed by atoms with E-state index >= 15 is 0 Å². The van der Waals surface area contributed by atoms with Crippen LogP contribution in [0.15, 0.2) is 0 Å². The molecule has 0 aromatic rings. The third kappa shape index (κ3) is 1000. The molecule has 149 valence electrons. The van der Waals surface area contributed by atoms with Crippen molar-refractivity contribution in [1.29, 1.82) is 0 Å². The van der Waals surface area contributed by atoms with Gasteiger partial charge in [-0.2, -0.15) is 0 Å². The predicted molar refractivity (Wildman–Crippen MR) is 49.9 cm³/mol. The van der Waals surface area contributed by atoms with Crippen molar-refractivity contribution >= 4 is 20.8 Å². The van der Waals surface area contributed by atoms with Crippen molar-refractivity contribution in [2.45, 2.75) is 0 Å². The van der Waals surface area contributed by atoms with Crippen LogP contribution in [-0.4, -0.2) is 78.9 Å². The van der Waals surface area contributed by atoms with Crippen molar-refractivity contribution in [3.63, 3.8) is 0 Å². The zero-order valence-corrected chi connectivity index (χ0v) is 16.8. The number of hydrogen-bond acceptors (Lipinski definition) is 8. The Balaban J connectivity index is -0.00000000364. The van der Waals surface area contributed by atoms with E-state index in [1.54, 1.807) is 0 Å². The molecule has 16 N–H and O–H groups in total. The molecule has 0 saturated carbocycles. The summed E-state index contributed by atoms with van der Waals surface area (Å²) in [6, 6.07) is 0. The van der Waals surface area contributed by atoms with Gasteiger partial charge >= 0.3 is 115 Å². The van der Waals surface area contributed by atoms with E-state index in [0.29, 0.717) is 0 Å². The van der Waals surface area contributed by atoms with Crippen LogP contribution >= 0.6 is 0 Å². The summed E-state index contributed by atoms with van der Waals surface area (Å²) in [5.74, 6) is 0. The summed E-state index contributed by atoms with van der Waals surface area (Å²) in [6.07, 6.45) is 0. The first-order valence-corrected chi connectivity index (χ1v) is 4.00. The largest absolute Gasteiger partial charge is 3.00 e. The van der Waals surface area contributed by atoms with E-state index in [4.69, 9.17) is 35.0 Å². The Bertz CT molecular complexity index is 218. The zero-order chi connectivity index (χ0) is 9.00. The molecule has 0 amide bonds. The molecule has 0 saturated heterocycles. The molecule has 0 fully saturated rings. The van der Waals surface area contributed by atoms with E-state index in [-0.39, 0.29) is 158 Å². The fraction of sp³-hybridized carbons (Fsp3) is 0. The van der Waals surface area contributed by atoms with E-state index in [9.17, 15) is 0 Å². The van der Waals surface area contributed by atoms with Gasteiger partial charge in [-0.3, -0.25) is 16.8 Å². The molecule has 0 aromatic carbocycles. The first-order valence-electron chi connectivity index (χ1n) is 1.33. The van der Waals surface area contributed by atoms with Crippen LogP contribution in [0, 0.1) is 115 Å². The van der Waals surface area contributed by atoms with Gasteiger partial charge < -0.3 is 62.0 Å².